The molecule has 1 N–H and O–H groups in total. The van der Waals surface area contributed by atoms with Gasteiger partial charge >= 0.3 is 6.18 Å². The second-order valence-electron chi connectivity index (χ2n) is 8.54. The van der Waals surface area contributed by atoms with Gasteiger partial charge < -0.3 is 14.4 Å². The minimum atomic E-state index is -4.28. The molecule has 188 valence electrons. The number of halogens is 3. The van der Waals surface area contributed by atoms with Gasteiger partial charge in [-0.15, -0.1) is 0 Å². The van der Waals surface area contributed by atoms with Crippen LogP contribution >= 0.6 is 0 Å². The largest absolute Gasteiger partial charge is 0.491 e. The van der Waals surface area contributed by atoms with Crippen LogP contribution in [0, 0.1) is 5.92 Å². The molecule has 1 aromatic rings. The van der Waals surface area contributed by atoms with Crippen molar-refractivity contribution in [1.29, 1.82) is 0 Å². The van der Waals surface area contributed by atoms with E-state index in [2.05, 4.69) is 4.72 Å². The standard InChI is InChI=1S/C21H32F3N3O5S/c1-14-11-27(9-8-21(22,23)24)15(2)13-32-18-7-6-16(25-33(5,29)30)10-17(18)20(28)26(3)12-19(14)31-4/h6-7,10,14-15,19,25H,8-9,11-13H2,1-5H3/t14-,15-,19+/m0/s1. The Morgan fingerprint density at radius 3 is 2.48 bits per heavy atom. The average molecular weight is 496 g/mol. The lowest BCUT2D eigenvalue weighted by Gasteiger charge is -2.36. The van der Waals surface area contributed by atoms with Crippen LogP contribution in [-0.4, -0.2) is 89.1 Å². The van der Waals surface area contributed by atoms with Gasteiger partial charge in [-0.25, -0.2) is 8.42 Å². The van der Waals surface area contributed by atoms with E-state index < -0.39 is 34.6 Å². The van der Waals surface area contributed by atoms with Gasteiger partial charge in [0.05, 0.1) is 24.3 Å². The van der Waals surface area contributed by atoms with Crippen LogP contribution in [-0.2, 0) is 14.8 Å². The molecule has 0 aliphatic carbocycles. The van der Waals surface area contributed by atoms with Gasteiger partial charge in [-0.1, -0.05) is 6.92 Å². The van der Waals surface area contributed by atoms with Crippen LogP contribution in [0.15, 0.2) is 18.2 Å². The summed E-state index contributed by atoms with van der Waals surface area (Å²) < 4.78 is 75.7. The SMILES string of the molecule is CO[C@@H]1CN(C)C(=O)c2cc(NS(C)(=O)=O)ccc2OC[C@H](C)N(CCC(F)(F)F)C[C@@H]1C. The van der Waals surface area contributed by atoms with Gasteiger partial charge in [0.15, 0.2) is 0 Å². The number of likely N-dealkylation sites (N-methyl/N-ethyl adjacent to an activating group) is 1. The number of anilines is 1. The highest BCUT2D eigenvalue weighted by atomic mass is 32.2. The molecule has 33 heavy (non-hydrogen) atoms. The third kappa shape index (κ3) is 8.35. The van der Waals surface area contributed by atoms with E-state index in [4.69, 9.17) is 9.47 Å². The quantitative estimate of drug-likeness (QED) is 0.676. The summed E-state index contributed by atoms with van der Waals surface area (Å²) in [5.74, 6) is -0.340. The zero-order valence-corrected chi connectivity index (χ0v) is 20.3. The normalized spacial score (nSPS) is 23.8. The molecule has 0 aromatic heterocycles. The summed E-state index contributed by atoms with van der Waals surface area (Å²) in [7, 11) is -0.483. The van der Waals surface area contributed by atoms with Crippen molar-refractivity contribution in [2.45, 2.75) is 38.6 Å². The number of nitrogens with zero attached hydrogens (tertiary/aromatic N) is 2. The Morgan fingerprint density at radius 2 is 1.91 bits per heavy atom. The maximum Gasteiger partial charge on any atom is 0.390 e. The van der Waals surface area contributed by atoms with Crippen molar-refractivity contribution in [3.05, 3.63) is 23.8 Å². The molecule has 0 fully saturated rings. The van der Waals surface area contributed by atoms with Gasteiger partial charge in [0.1, 0.15) is 12.4 Å². The topological polar surface area (TPSA) is 88.2 Å². The van der Waals surface area contributed by atoms with E-state index in [1.807, 2.05) is 6.92 Å². The first-order chi connectivity index (χ1) is 15.2. The number of hydrogen-bond acceptors (Lipinski definition) is 6. The monoisotopic (exact) mass is 495 g/mol. The van der Waals surface area contributed by atoms with Crippen molar-refractivity contribution >= 4 is 21.6 Å². The average Bonchev–Trinajstić information content (AvgIpc) is 2.70. The van der Waals surface area contributed by atoms with Gasteiger partial charge in [0.25, 0.3) is 5.91 Å². The number of alkyl halides is 3. The summed E-state index contributed by atoms with van der Waals surface area (Å²) in [5.41, 5.74) is 0.341. The van der Waals surface area contributed by atoms with Crippen LogP contribution in [0.2, 0.25) is 0 Å². The number of methoxy groups -OCH3 is 1. The molecule has 0 radical (unpaired) electrons. The van der Waals surface area contributed by atoms with Crippen molar-refractivity contribution in [2.24, 2.45) is 5.92 Å². The van der Waals surface area contributed by atoms with Crippen LogP contribution in [0.25, 0.3) is 0 Å². The molecule has 1 aliphatic rings. The molecule has 1 amide bonds. The Hall–Kier alpha value is -2.05. The molecule has 2 rings (SSSR count). The van der Waals surface area contributed by atoms with Gasteiger partial charge in [-0.05, 0) is 31.0 Å². The summed E-state index contributed by atoms with van der Waals surface area (Å²) in [5, 5.41) is 0. The number of carbonyl (C=O) groups is 1. The fourth-order valence-electron chi connectivity index (χ4n) is 3.71. The first-order valence-corrected chi connectivity index (χ1v) is 12.4. The summed E-state index contributed by atoms with van der Waals surface area (Å²) in [6, 6.07) is 3.95. The van der Waals surface area contributed by atoms with Gasteiger partial charge in [-0.3, -0.25) is 14.4 Å². The highest BCUT2D eigenvalue weighted by Crippen LogP contribution is 2.27. The van der Waals surface area contributed by atoms with Crippen molar-refractivity contribution in [3.63, 3.8) is 0 Å². The van der Waals surface area contributed by atoms with Crippen molar-refractivity contribution in [3.8, 4) is 5.75 Å². The second kappa shape index (κ2) is 10.9. The van der Waals surface area contributed by atoms with Crippen molar-refractivity contribution in [1.82, 2.24) is 9.80 Å². The Balaban J connectivity index is 2.42. The first kappa shape index (κ1) is 27.2. The Labute approximate surface area is 193 Å². The van der Waals surface area contributed by atoms with Crippen molar-refractivity contribution in [2.75, 3.05) is 51.4 Å². The van der Waals surface area contributed by atoms with Gasteiger partial charge in [0, 0.05) is 45.5 Å². The highest BCUT2D eigenvalue weighted by Gasteiger charge is 2.32. The molecule has 0 saturated carbocycles. The summed E-state index contributed by atoms with van der Waals surface area (Å²) in [6.45, 7) is 4.03. The highest BCUT2D eigenvalue weighted by molar-refractivity contribution is 7.92. The first-order valence-electron chi connectivity index (χ1n) is 10.5. The number of hydrogen-bond donors (Lipinski definition) is 1. The molecule has 8 nitrogen and oxygen atoms in total. The molecule has 0 bridgehead atoms. The van der Waals surface area contributed by atoms with E-state index in [1.54, 1.807) is 18.9 Å². The molecule has 3 atom stereocenters. The lowest BCUT2D eigenvalue weighted by Crippen LogP contribution is -2.47. The summed E-state index contributed by atoms with van der Waals surface area (Å²) in [6.07, 6.45) is -4.65. The number of rotatable bonds is 5. The predicted molar refractivity (Wildman–Crippen MR) is 119 cm³/mol. The maximum absolute atomic E-state index is 13.2. The third-order valence-corrected chi connectivity index (χ3v) is 6.17. The summed E-state index contributed by atoms with van der Waals surface area (Å²) in [4.78, 5) is 16.3. The fourth-order valence-corrected chi connectivity index (χ4v) is 4.27. The van der Waals surface area contributed by atoms with E-state index in [9.17, 15) is 26.4 Å². The molecule has 1 aromatic carbocycles. The Bertz CT molecular complexity index is 926. The number of fused-ring (bicyclic) bond motifs is 1. The van der Waals surface area contributed by atoms with Gasteiger partial charge in [-0.2, -0.15) is 13.2 Å². The third-order valence-electron chi connectivity index (χ3n) is 5.56. The second-order valence-corrected chi connectivity index (χ2v) is 10.3. The molecule has 0 saturated heterocycles. The minimum absolute atomic E-state index is 0.0467. The smallest absolute Gasteiger partial charge is 0.390 e. The van der Waals surface area contributed by atoms with E-state index in [1.165, 1.54) is 30.2 Å². The molecule has 0 spiro atoms. The number of benzene rings is 1. The number of ether oxygens (including phenoxy) is 2. The van der Waals surface area contributed by atoms with Crippen LogP contribution in [0.3, 0.4) is 0 Å². The number of amides is 1. The van der Waals surface area contributed by atoms with Crippen LogP contribution in [0.5, 0.6) is 5.75 Å². The van der Waals surface area contributed by atoms with E-state index in [0.29, 0.717) is 6.54 Å². The van der Waals surface area contributed by atoms with Crippen LogP contribution in [0.1, 0.15) is 30.6 Å². The minimum Gasteiger partial charge on any atom is -0.491 e. The predicted octanol–water partition coefficient (Wildman–Crippen LogP) is 2.82. The van der Waals surface area contributed by atoms with E-state index in [0.717, 1.165) is 6.26 Å². The molecular weight excluding hydrogens is 463 g/mol. The lowest BCUT2D eigenvalue weighted by atomic mass is 10.0. The zero-order chi connectivity index (χ0) is 25.0. The lowest BCUT2D eigenvalue weighted by molar-refractivity contribution is -0.140. The molecular formula is C21H32F3N3O5S. The number of sulfonamides is 1. The maximum atomic E-state index is 13.2. The molecule has 0 unspecified atom stereocenters. The molecule has 12 heteroatoms. The molecule has 1 aliphatic heterocycles. The fraction of sp³-hybridized carbons (Fsp3) is 0.667. The van der Waals surface area contributed by atoms with Crippen LogP contribution < -0.4 is 9.46 Å². The number of carbonyl (C=O) groups excluding carboxylic acids is 1. The van der Waals surface area contributed by atoms with Crippen LogP contribution in [0.4, 0.5) is 18.9 Å². The zero-order valence-electron chi connectivity index (χ0n) is 19.5. The number of nitrogens with one attached hydrogen (secondary N) is 1. The summed E-state index contributed by atoms with van der Waals surface area (Å²) >= 11 is 0. The van der Waals surface area contributed by atoms with Gasteiger partial charge in [0.2, 0.25) is 10.0 Å². The Kier molecular flexibility index (Phi) is 9.00. The molecule has 1 heterocycles. The van der Waals surface area contributed by atoms with E-state index >= 15 is 0 Å². The van der Waals surface area contributed by atoms with E-state index in [-0.39, 0.29) is 48.7 Å². The van der Waals surface area contributed by atoms with Crippen molar-refractivity contribution < 1.29 is 35.9 Å². The Morgan fingerprint density at radius 1 is 1.24 bits per heavy atom.